The van der Waals surface area contributed by atoms with Gasteiger partial charge in [-0.3, -0.25) is 0 Å². The van der Waals surface area contributed by atoms with Crippen molar-refractivity contribution in [1.29, 1.82) is 0 Å². The third-order valence-corrected chi connectivity index (χ3v) is 4.43. The first kappa shape index (κ1) is 18.1. The smallest absolute Gasteiger partial charge is 0.240 e. The Morgan fingerprint density at radius 2 is 1.81 bits per heavy atom. The fraction of sp³-hybridized carbons (Fsp3) is 0.600. The zero-order chi connectivity index (χ0) is 15.6. The first-order valence-electron chi connectivity index (χ1n) is 7.47. The summed E-state index contributed by atoms with van der Waals surface area (Å²) < 4.78 is 31.9. The fourth-order valence-corrected chi connectivity index (χ4v) is 2.88. The summed E-state index contributed by atoms with van der Waals surface area (Å²) in [7, 11) is -3.42. The van der Waals surface area contributed by atoms with E-state index in [9.17, 15) is 8.42 Å². The Morgan fingerprint density at radius 1 is 1.10 bits per heavy atom. The van der Waals surface area contributed by atoms with Gasteiger partial charge in [0.2, 0.25) is 10.0 Å². The van der Waals surface area contributed by atoms with Crippen LogP contribution in [0.2, 0.25) is 0 Å². The second-order valence-corrected chi connectivity index (χ2v) is 6.54. The molecular weight excluding hydrogens is 288 g/mol. The van der Waals surface area contributed by atoms with Gasteiger partial charge in [-0.05, 0) is 44.0 Å². The first-order valence-corrected chi connectivity index (χ1v) is 8.95. The number of hydrogen-bond acceptors (Lipinski definition) is 4. The maximum absolute atomic E-state index is 12.1. The van der Waals surface area contributed by atoms with Crippen molar-refractivity contribution in [2.75, 3.05) is 26.3 Å². The molecule has 6 heteroatoms. The summed E-state index contributed by atoms with van der Waals surface area (Å²) in [5.74, 6) is 0. The van der Waals surface area contributed by atoms with Gasteiger partial charge < -0.3 is 10.1 Å². The molecule has 0 unspecified atom stereocenters. The van der Waals surface area contributed by atoms with Gasteiger partial charge in [0.25, 0.3) is 0 Å². The van der Waals surface area contributed by atoms with E-state index in [0.717, 1.165) is 25.1 Å². The second kappa shape index (κ2) is 9.89. The predicted octanol–water partition coefficient (Wildman–Crippen LogP) is 1.89. The summed E-state index contributed by atoms with van der Waals surface area (Å²) in [5.41, 5.74) is 1.08. The molecule has 1 aromatic carbocycles. The molecule has 0 aromatic heterocycles. The Balaban J connectivity index is 2.47. The number of sulfonamides is 1. The van der Waals surface area contributed by atoms with Crippen LogP contribution in [-0.2, 0) is 21.3 Å². The van der Waals surface area contributed by atoms with Crippen molar-refractivity contribution in [2.45, 2.75) is 38.1 Å². The third-order valence-electron chi connectivity index (χ3n) is 2.95. The van der Waals surface area contributed by atoms with Crippen LogP contribution < -0.4 is 10.0 Å². The van der Waals surface area contributed by atoms with Crippen molar-refractivity contribution in [1.82, 2.24) is 10.0 Å². The summed E-state index contributed by atoms with van der Waals surface area (Å²) >= 11 is 0. The van der Waals surface area contributed by atoms with Gasteiger partial charge in [0, 0.05) is 26.3 Å². The van der Waals surface area contributed by atoms with Crippen LogP contribution in [0.25, 0.3) is 0 Å². The molecule has 0 bridgehead atoms. The number of hydrogen-bond donors (Lipinski definition) is 2. The highest BCUT2D eigenvalue weighted by Gasteiger charge is 2.12. The topological polar surface area (TPSA) is 67.4 Å². The SMILES string of the molecule is CCCNCc1ccc(S(=O)(=O)NCCCOCC)cc1. The lowest BCUT2D eigenvalue weighted by molar-refractivity contribution is 0.146. The lowest BCUT2D eigenvalue weighted by Gasteiger charge is -2.08. The third kappa shape index (κ3) is 7.04. The molecule has 0 aliphatic rings. The summed E-state index contributed by atoms with van der Waals surface area (Å²) in [6.45, 7) is 7.36. The van der Waals surface area contributed by atoms with Crippen molar-refractivity contribution in [3.05, 3.63) is 29.8 Å². The van der Waals surface area contributed by atoms with Crippen LogP contribution in [-0.4, -0.2) is 34.7 Å². The van der Waals surface area contributed by atoms with Gasteiger partial charge in [0.1, 0.15) is 0 Å². The Bertz CT molecular complexity index is 486. The van der Waals surface area contributed by atoms with Crippen LogP contribution >= 0.6 is 0 Å². The van der Waals surface area contributed by atoms with E-state index in [1.165, 1.54) is 0 Å². The molecule has 0 atom stereocenters. The van der Waals surface area contributed by atoms with Crippen LogP contribution in [0, 0.1) is 0 Å². The lowest BCUT2D eigenvalue weighted by atomic mass is 10.2. The van der Waals surface area contributed by atoms with Crippen molar-refractivity contribution >= 4 is 10.0 Å². The first-order chi connectivity index (χ1) is 10.1. The molecule has 0 aliphatic carbocycles. The summed E-state index contributed by atoms with van der Waals surface area (Å²) in [5, 5.41) is 3.28. The van der Waals surface area contributed by atoms with E-state index in [0.29, 0.717) is 31.1 Å². The molecule has 120 valence electrons. The summed E-state index contributed by atoms with van der Waals surface area (Å²) in [6, 6.07) is 6.98. The van der Waals surface area contributed by atoms with Crippen LogP contribution in [0.4, 0.5) is 0 Å². The van der Waals surface area contributed by atoms with Gasteiger partial charge in [-0.25, -0.2) is 13.1 Å². The molecular formula is C15H26N2O3S. The Kier molecular flexibility index (Phi) is 8.52. The van der Waals surface area contributed by atoms with E-state index >= 15 is 0 Å². The average molecular weight is 314 g/mol. The van der Waals surface area contributed by atoms with Crippen molar-refractivity contribution in [3.63, 3.8) is 0 Å². The zero-order valence-corrected chi connectivity index (χ0v) is 13.7. The molecule has 0 amide bonds. The van der Waals surface area contributed by atoms with Crippen LogP contribution in [0.15, 0.2) is 29.2 Å². The van der Waals surface area contributed by atoms with Crippen LogP contribution in [0.3, 0.4) is 0 Å². The molecule has 2 N–H and O–H groups in total. The molecule has 1 rings (SSSR count). The lowest BCUT2D eigenvalue weighted by Crippen LogP contribution is -2.25. The van der Waals surface area contributed by atoms with E-state index in [1.54, 1.807) is 12.1 Å². The Morgan fingerprint density at radius 3 is 2.43 bits per heavy atom. The molecule has 0 heterocycles. The molecule has 0 aliphatic heterocycles. The van der Waals surface area contributed by atoms with Gasteiger partial charge in [-0.2, -0.15) is 0 Å². The van der Waals surface area contributed by atoms with E-state index in [2.05, 4.69) is 17.0 Å². The maximum Gasteiger partial charge on any atom is 0.240 e. The molecule has 0 radical (unpaired) electrons. The number of ether oxygens (including phenoxy) is 1. The van der Waals surface area contributed by atoms with Crippen molar-refractivity contribution < 1.29 is 13.2 Å². The fourth-order valence-electron chi connectivity index (χ4n) is 1.80. The average Bonchev–Trinajstić information content (AvgIpc) is 2.48. The normalized spacial score (nSPS) is 11.7. The Labute approximate surface area is 128 Å². The van der Waals surface area contributed by atoms with E-state index in [1.807, 2.05) is 19.1 Å². The second-order valence-electron chi connectivity index (χ2n) is 4.77. The Hall–Kier alpha value is -0.950. The van der Waals surface area contributed by atoms with E-state index in [-0.39, 0.29) is 0 Å². The highest BCUT2D eigenvalue weighted by atomic mass is 32.2. The van der Waals surface area contributed by atoms with Gasteiger partial charge in [-0.1, -0.05) is 19.1 Å². The number of benzene rings is 1. The monoisotopic (exact) mass is 314 g/mol. The van der Waals surface area contributed by atoms with E-state index in [4.69, 9.17) is 4.74 Å². The van der Waals surface area contributed by atoms with Crippen molar-refractivity contribution in [3.8, 4) is 0 Å². The molecule has 0 spiro atoms. The number of nitrogens with one attached hydrogen (secondary N) is 2. The molecule has 21 heavy (non-hydrogen) atoms. The highest BCUT2D eigenvalue weighted by Crippen LogP contribution is 2.10. The maximum atomic E-state index is 12.1. The molecule has 1 aromatic rings. The molecule has 0 saturated heterocycles. The quantitative estimate of drug-likeness (QED) is 0.612. The largest absolute Gasteiger partial charge is 0.382 e. The molecule has 5 nitrogen and oxygen atoms in total. The summed E-state index contributed by atoms with van der Waals surface area (Å²) in [6.07, 6.45) is 1.75. The van der Waals surface area contributed by atoms with Gasteiger partial charge in [0.05, 0.1) is 4.90 Å². The zero-order valence-electron chi connectivity index (χ0n) is 12.9. The molecule has 0 saturated carbocycles. The number of rotatable bonds is 11. The van der Waals surface area contributed by atoms with Crippen LogP contribution in [0.1, 0.15) is 32.3 Å². The van der Waals surface area contributed by atoms with Crippen molar-refractivity contribution in [2.24, 2.45) is 0 Å². The van der Waals surface area contributed by atoms with Gasteiger partial charge >= 0.3 is 0 Å². The minimum absolute atomic E-state index is 0.304. The summed E-state index contributed by atoms with van der Waals surface area (Å²) in [4.78, 5) is 0.304. The standard InChI is InChI=1S/C15H26N2O3S/c1-3-10-16-13-14-6-8-15(9-7-14)21(18,19)17-11-5-12-20-4-2/h6-9,16-17H,3-5,10-13H2,1-2H3. The highest BCUT2D eigenvalue weighted by molar-refractivity contribution is 7.89. The van der Waals surface area contributed by atoms with E-state index < -0.39 is 10.0 Å². The molecule has 0 fully saturated rings. The van der Waals surface area contributed by atoms with Gasteiger partial charge in [-0.15, -0.1) is 0 Å². The van der Waals surface area contributed by atoms with Gasteiger partial charge in [0.15, 0.2) is 0 Å². The minimum atomic E-state index is -3.42. The van der Waals surface area contributed by atoms with Crippen LogP contribution in [0.5, 0.6) is 0 Å². The predicted molar refractivity (Wildman–Crippen MR) is 84.7 cm³/mol. The minimum Gasteiger partial charge on any atom is -0.382 e.